The number of benzene rings is 4. The van der Waals surface area contributed by atoms with E-state index in [2.05, 4.69) is 150 Å². The van der Waals surface area contributed by atoms with Crippen molar-refractivity contribution >= 4 is 48.1 Å². The minimum atomic E-state index is -0.826. The van der Waals surface area contributed by atoms with Gasteiger partial charge in [-0.15, -0.1) is 69.1 Å². The summed E-state index contributed by atoms with van der Waals surface area (Å²) in [6.45, 7) is 13.5. The Morgan fingerprint density at radius 2 is 0.893 bits per heavy atom. The van der Waals surface area contributed by atoms with E-state index in [0.717, 1.165) is 22.4 Å². The van der Waals surface area contributed by atoms with Crippen molar-refractivity contribution in [2.24, 2.45) is 10.8 Å². The van der Waals surface area contributed by atoms with Gasteiger partial charge in [-0.1, -0.05) is 151 Å². The Bertz CT molecular complexity index is 1890. The zero-order valence-electron chi connectivity index (χ0n) is 35.0. The van der Waals surface area contributed by atoms with E-state index >= 15 is 0 Å². The molecule has 2 aliphatic carbocycles. The van der Waals surface area contributed by atoms with Crippen LogP contribution in [0.3, 0.4) is 0 Å². The third-order valence-electron chi connectivity index (χ3n) is 13.0. The third-order valence-corrected chi connectivity index (χ3v) is 13.0. The van der Waals surface area contributed by atoms with Crippen LogP contribution in [0.5, 0.6) is 0 Å². The van der Waals surface area contributed by atoms with Crippen LogP contribution < -0.4 is 0 Å². The Morgan fingerprint density at radius 3 is 1.20 bits per heavy atom. The van der Waals surface area contributed by atoms with Gasteiger partial charge >= 0.3 is 37.9 Å². The number of halogens is 2. The summed E-state index contributed by atoms with van der Waals surface area (Å²) in [5, 5.41) is 5.64. The molecule has 0 aliphatic heterocycles. The normalized spacial score (nSPS) is 15.3. The van der Waals surface area contributed by atoms with Gasteiger partial charge in [-0.25, -0.2) is 0 Å². The van der Waals surface area contributed by atoms with Gasteiger partial charge in [0.25, 0.3) is 0 Å². The van der Waals surface area contributed by atoms with Crippen LogP contribution in [0.1, 0.15) is 114 Å². The van der Waals surface area contributed by atoms with E-state index in [4.69, 9.17) is 17.0 Å². The Morgan fingerprint density at radius 1 is 0.554 bits per heavy atom. The maximum absolute atomic E-state index is 4.93. The second-order valence-corrected chi connectivity index (χ2v) is 21.2. The van der Waals surface area contributed by atoms with Crippen LogP contribution in [-0.4, -0.2) is 9.52 Å². The standard InChI is InChI=1S/2C25H29.C2H6Si.2ClH.Zr/c2*1-3-19-10-12-21(13-11-19)23-9-7-8-22-16-20(17-24(22)23)18-25(4-2)14-5-6-15-25;1-3-2;;;/h2*7-13,16-17H,3-6,14-15,18H2,1-2H3;1-2H3;2*1H;/q2*-1;;;;+4/p-2. The molecule has 0 amide bonds. The van der Waals surface area contributed by atoms with Crippen molar-refractivity contribution < 1.29 is 20.8 Å². The van der Waals surface area contributed by atoms with Crippen molar-refractivity contribution in [3.05, 3.63) is 131 Å². The Hall–Kier alpha value is -2.22. The number of fused-ring (bicyclic) bond motifs is 2. The second kappa shape index (κ2) is 22.2. The summed E-state index contributed by atoms with van der Waals surface area (Å²) in [4.78, 5) is 0. The fourth-order valence-corrected chi connectivity index (χ4v) is 9.57. The Balaban J connectivity index is 0.000000188. The van der Waals surface area contributed by atoms with Gasteiger partial charge in [0.05, 0.1) is 0 Å². The summed E-state index contributed by atoms with van der Waals surface area (Å²) in [6.07, 6.45) is 18.7. The van der Waals surface area contributed by atoms with Crippen molar-refractivity contribution in [3.63, 3.8) is 0 Å². The average molecular weight is 879 g/mol. The molecule has 2 fully saturated rings. The molecule has 56 heavy (non-hydrogen) atoms. The van der Waals surface area contributed by atoms with E-state index in [1.165, 1.54) is 143 Å². The van der Waals surface area contributed by atoms with E-state index in [1.807, 2.05) is 0 Å². The molecule has 0 aromatic heterocycles. The van der Waals surface area contributed by atoms with E-state index in [9.17, 15) is 0 Å². The molecule has 0 atom stereocenters. The van der Waals surface area contributed by atoms with Gasteiger partial charge in [-0.2, -0.15) is 12.1 Å². The zero-order chi connectivity index (χ0) is 40.0. The first kappa shape index (κ1) is 44.9. The summed E-state index contributed by atoms with van der Waals surface area (Å²) >= 11 is -0.826. The molecule has 4 heteroatoms. The molecule has 0 nitrogen and oxygen atoms in total. The number of hydrogen-bond acceptors (Lipinski definition) is 0. The summed E-state index contributed by atoms with van der Waals surface area (Å²) in [5.74, 6) is 0. The van der Waals surface area contributed by atoms with Crippen molar-refractivity contribution in [3.8, 4) is 22.3 Å². The molecule has 8 rings (SSSR count). The van der Waals surface area contributed by atoms with Gasteiger partial charge < -0.3 is 0 Å². The molecule has 0 bridgehead atoms. The quantitative estimate of drug-likeness (QED) is 0.0950. The first-order chi connectivity index (χ1) is 27.3. The Labute approximate surface area is 361 Å². The van der Waals surface area contributed by atoms with Crippen molar-refractivity contribution in [1.29, 1.82) is 0 Å². The summed E-state index contributed by atoms with van der Waals surface area (Å²) < 4.78 is 0. The van der Waals surface area contributed by atoms with E-state index in [0.29, 0.717) is 10.8 Å². The fourth-order valence-electron chi connectivity index (χ4n) is 9.57. The number of rotatable bonds is 10. The van der Waals surface area contributed by atoms with Gasteiger partial charge in [0.15, 0.2) is 0 Å². The van der Waals surface area contributed by atoms with E-state index in [-0.39, 0.29) is 0 Å². The molecule has 0 unspecified atom stereocenters. The van der Waals surface area contributed by atoms with Crippen LogP contribution in [0.2, 0.25) is 13.1 Å². The van der Waals surface area contributed by atoms with Crippen LogP contribution in [0, 0.1) is 10.8 Å². The van der Waals surface area contributed by atoms with Gasteiger partial charge in [0.2, 0.25) is 0 Å². The van der Waals surface area contributed by atoms with E-state index in [1.54, 1.807) is 0 Å². The van der Waals surface area contributed by atoms with Crippen molar-refractivity contribution in [2.45, 2.75) is 131 Å². The molecule has 0 saturated heterocycles. The van der Waals surface area contributed by atoms with Crippen LogP contribution >= 0.6 is 17.0 Å². The van der Waals surface area contributed by atoms with Crippen LogP contribution in [0.25, 0.3) is 43.8 Å². The van der Waals surface area contributed by atoms with Gasteiger partial charge in [0.1, 0.15) is 0 Å². The van der Waals surface area contributed by atoms with Gasteiger partial charge in [0, 0.05) is 9.52 Å². The minimum absolute atomic E-state index is 0.563. The molecule has 294 valence electrons. The van der Waals surface area contributed by atoms with Crippen LogP contribution in [0.4, 0.5) is 0 Å². The first-order valence-electron chi connectivity index (χ1n) is 21.4. The molecule has 2 aliphatic rings. The fraction of sp³-hybridized carbons (Fsp3) is 0.423. The first-order valence-corrected chi connectivity index (χ1v) is 29.7. The third kappa shape index (κ3) is 11.5. The summed E-state index contributed by atoms with van der Waals surface area (Å²) in [5.41, 5.74) is 12.5. The second-order valence-electron chi connectivity index (χ2n) is 16.5. The molecule has 6 aromatic carbocycles. The predicted molar refractivity (Wildman–Crippen MR) is 248 cm³/mol. The molecule has 2 saturated carbocycles. The average Bonchev–Trinajstić information content (AvgIpc) is 4.06. The summed E-state index contributed by atoms with van der Waals surface area (Å²) in [6, 6.07) is 41.5. The molecule has 0 N–H and O–H groups in total. The number of aryl methyl sites for hydroxylation is 2. The van der Waals surface area contributed by atoms with Gasteiger partial charge in [-0.3, -0.25) is 0 Å². The molecule has 6 aromatic rings. The van der Waals surface area contributed by atoms with Crippen LogP contribution in [-0.2, 0) is 46.5 Å². The summed E-state index contributed by atoms with van der Waals surface area (Å²) in [7, 11) is 11.0. The van der Waals surface area contributed by atoms with E-state index < -0.39 is 20.8 Å². The molecular weight excluding hydrogens is 815 g/mol. The molecule has 0 spiro atoms. The molecule has 0 heterocycles. The monoisotopic (exact) mass is 876 g/mol. The maximum atomic E-state index is 4.93. The number of hydrogen-bond donors (Lipinski definition) is 0. The molecule has 2 radical (unpaired) electrons. The van der Waals surface area contributed by atoms with Crippen molar-refractivity contribution in [2.75, 3.05) is 0 Å². The topological polar surface area (TPSA) is 0 Å². The SMILES string of the molecule is CCc1ccc(-c2cccc3[cH-]c(CC4(CC)CCCC4)cc23)cc1.CCc1ccc(-c2cccc3[cH-]c(CC4(CC)CCCC4)cc23)cc1.C[Si]C.[Cl][Zr+2][Cl]. The Kier molecular flexibility index (Phi) is 17.8. The zero-order valence-corrected chi connectivity index (χ0v) is 40.0. The molecular formula is C52H64Cl2SiZr. The predicted octanol–water partition coefficient (Wildman–Crippen LogP) is 16.8. The van der Waals surface area contributed by atoms with Crippen LogP contribution in [0.15, 0.2) is 109 Å². The van der Waals surface area contributed by atoms with Crippen molar-refractivity contribution in [1.82, 2.24) is 0 Å². The van der Waals surface area contributed by atoms with Gasteiger partial charge in [-0.05, 0) is 84.5 Å².